The molecule has 1 aliphatic rings. The van der Waals surface area contributed by atoms with E-state index in [0.717, 1.165) is 0 Å². The van der Waals surface area contributed by atoms with Crippen molar-refractivity contribution in [3.63, 3.8) is 0 Å². The second kappa shape index (κ2) is 7.99. The number of halogens is 2. The summed E-state index contributed by atoms with van der Waals surface area (Å²) in [5, 5.41) is 1.19. The molecule has 0 bridgehead atoms. The Hall–Kier alpha value is -2.06. The van der Waals surface area contributed by atoms with Gasteiger partial charge in [0, 0.05) is 34.7 Å². The van der Waals surface area contributed by atoms with Crippen LogP contribution in [0.1, 0.15) is 0 Å². The van der Waals surface area contributed by atoms with E-state index >= 15 is 0 Å². The lowest BCUT2D eigenvalue weighted by atomic mass is 10.1. The molecule has 9 heteroatoms. The third kappa shape index (κ3) is 3.88. The summed E-state index contributed by atoms with van der Waals surface area (Å²) in [6, 6.07) is 9.68. The minimum Gasteiger partial charge on any atom is -0.497 e. The molecule has 29 heavy (non-hydrogen) atoms. The predicted octanol–water partition coefficient (Wildman–Crippen LogP) is 4.22. The number of anilines is 1. The maximum Gasteiger partial charge on any atom is 0.210 e. The van der Waals surface area contributed by atoms with Gasteiger partial charge in [-0.15, -0.1) is 0 Å². The van der Waals surface area contributed by atoms with E-state index in [4.69, 9.17) is 32.7 Å². The van der Waals surface area contributed by atoms with Crippen molar-refractivity contribution in [3.05, 3.63) is 52.6 Å². The lowest BCUT2D eigenvalue weighted by Gasteiger charge is -2.31. The fourth-order valence-corrected chi connectivity index (χ4v) is 5.55. The van der Waals surface area contributed by atoms with Crippen LogP contribution in [0.5, 0.6) is 5.75 Å². The number of aromatic nitrogens is 1. The maximum atomic E-state index is 13.6. The van der Waals surface area contributed by atoms with Gasteiger partial charge in [0.15, 0.2) is 0 Å². The van der Waals surface area contributed by atoms with Gasteiger partial charge in [-0.3, -0.25) is 4.98 Å². The highest BCUT2D eigenvalue weighted by Gasteiger charge is 2.28. The zero-order valence-electron chi connectivity index (χ0n) is 15.6. The Morgan fingerprint density at radius 1 is 1.07 bits per heavy atom. The lowest BCUT2D eigenvalue weighted by molar-refractivity contribution is 0.122. The normalized spacial score (nSPS) is 14.9. The molecule has 0 radical (unpaired) electrons. The SMILES string of the molecule is COc1ccc2ncc(S(=O)(=O)c3cc(Cl)cc(Cl)c3)c(N3CCOCC3)c2c1. The first kappa shape index (κ1) is 20.2. The molecule has 1 fully saturated rings. The average Bonchev–Trinajstić information content (AvgIpc) is 2.72. The van der Waals surface area contributed by atoms with Crippen LogP contribution in [0.25, 0.3) is 10.9 Å². The van der Waals surface area contributed by atoms with Crippen LogP contribution in [-0.2, 0) is 14.6 Å². The van der Waals surface area contributed by atoms with Crippen molar-refractivity contribution >= 4 is 49.6 Å². The average molecular weight is 453 g/mol. The quantitative estimate of drug-likeness (QED) is 0.590. The highest BCUT2D eigenvalue weighted by Crippen LogP contribution is 2.38. The van der Waals surface area contributed by atoms with E-state index in [1.54, 1.807) is 19.2 Å². The Labute approximate surface area is 178 Å². The Kier molecular flexibility index (Phi) is 5.57. The molecule has 0 unspecified atom stereocenters. The van der Waals surface area contributed by atoms with Crippen LogP contribution >= 0.6 is 23.2 Å². The first-order valence-electron chi connectivity index (χ1n) is 8.91. The molecule has 2 aromatic carbocycles. The van der Waals surface area contributed by atoms with Crippen molar-refractivity contribution < 1.29 is 17.9 Å². The van der Waals surface area contributed by atoms with Crippen molar-refractivity contribution in [1.29, 1.82) is 0 Å². The molecule has 0 N–H and O–H groups in total. The Bertz CT molecular complexity index is 1160. The maximum absolute atomic E-state index is 13.6. The zero-order chi connectivity index (χ0) is 20.6. The number of hydrogen-bond acceptors (Lipinski definition) is 6. The predicted molar refractivity (Wildman–Crippen MR) is 113 cm³/mol. The number of methoxy groups -OCH3 is 1. The van der Waals surface area contributed by atoms with E-state index in [2.05, 4.69) is 4.98 Å². The summed E-state index contributed by atoms with van der Waals surface area (Å²) < 4.78 is 37.9. The molecule has 2 heterocycles. The summed E-state index contributed by atoms with van der Waals surface area (Å²) >= 11 is 12.1. The van der Waals surface area contributed by atoms with Crippen molar-refractivity contribution in [1.82, 2.24) is 4.98 Å². The third-order valence-corrected chi connectivity index (χ3v) is 6.95. The van der Waals surface area contributed by atoms with Gasteiger partial charge in [0.1, 0.15) is 10.6 Å². The molecule has 1 aromatic heterocycles. The first-order valence-corrected chi connectivity index (χ1v) is 11.1. The van der Waals surface area contributed by atoms with E-state index in [1.165, 1.54) is 24.4 Å². The third-order valence-electron chi connectivity index (χ3n) is 4.78. The standard InChI is InChI=1S/C20H18Cl2N2O4S/c1-27-15-2-3-18-17(11-15)20(24-4-6-28-7-5-24)19(12-23-18)29(25,26)16-9-13(21)8-14(22)10-16/h2-3,8-12H,4-7H2,1H3. The van der Waals surface area contributed by atoms with Crippen LogP contribution in [0, 0.1) is 0 Å². The number of nitrogens with zero attached hydrogens (tertiary/aromatic N) is 2. The molecule has 1 aliphatic heterocycles. The minimum absolute atomic E-state index is 0.0218. The van der Waals surface area contributed by atoms with E-state index < -0.39 is 9.84 Å². The van der Waals surface area contributed by atoms with Gasteiger partial charge >= 0.3 is 0 Å². The summed E-state index contributed by atoms with van der Waals surface area (Å²) in [6.07, 6.45) is 1.39. The minimum atomic E-state index is -3.93. The monoisotopic (exact) mass is 452 g/mol. The number of rotatable bonds is 4. The fraction of sp³-hybridized carbons (Fsp3) is 0.250. The number of sulfone groups is 1. The molecule has 0 saturated carbocycles. The van der Waals surface area contributed by atoms with Crippen LogP contribution in [-0.4, -0.2) is 46.8 Å². The topological polar surface area (TPSA) is 68.7 Å². The van der Waals surface area contributed by atoms with Crippen molar-refractivity contribution in [2.24, 2.45) is 0 Å². The Morgan fingerprint density at radius 3 is 2.41 bits per heavy atom. The molecule has 6 nitrogen and oxygen atoms in total. The molecule has 0 aliphatic carbocycles. The van der Waals surface area contributed by atoms with Gasteiger partial charge < -0.3 is 14.4 Å². The molecular formula is C20H18Cl2N2O4S. The van der Waals surface area contributed by atoms with Crippen molar-refractivity contribution in [2.45, 2.75) is 9.79 Å². The van der Waals surface area contributed by atoms with Gasteiger partial charge in [0.25, 0.3) is 0 Å². The fourth-order valence-electron chi connectivity index (χ4n) is 3.39. The highest BCUT2D eigenvalue weighted by atomic mass is 35.5. The molecule has 1 saturated heterocycles. The number of benzene rings is 2. The van der Waals surface area contributed by atoms with Crippen molar-refractivity contribution in [3.8, 4) is 5.75 Å². The summed E-state index contributed by atoms with van der Waals surface area (Å²) in [7, 11) is -2.36. The van der Waals surface area contributed by atoms with Crippen LogP contribution in [0.3, 0.4) is 0 Å². The number of fused-ring (bicyclic) bond motifs is 1. The van der Waals surface area contributed by atoms with E-state index in [-0.39, 0.29) is 19.8 Å². The molecule has 0 spiro atoms. The molecule has 152 valence electrons. The second-order valence-electron chi connectivity index (χ2n) is 6.56. The summed E-state index contributed by atoms with van der Waals surface area (Å²) in [4.78, 5) is 6.51. The van der Waals surface area contributed by atoms with Gasteiger partial charge in [-0.2, -0.15) is 0 Å². The number of morpholine rings is 1. The van der Waals surface area contributed by atoms with E-state index in [1.807, 2.05) is 11.0 Å². The van der Waals surface area contributed by atoms with Gasteiger partial charge in [-0.25, -0.2) is 8.42 Å². The molecular weight excluding hydrogens is 435 g/mol. The zero-order valence-corrected chi connectivity index (χ0v) is 17.9. The Morgan fingerprint density at radius 2 is 1.76 bits per heavy atom. The summed E-state index contributed by atoms with van der Waals surface area (Å²) in [5.74, 6) is 0.620. The second-order valence-corrected chi connectivity index (χ2v) is 9.35. The van der Waals surface area contributed by atoms with E-state index in [9.17, 15) is 8.42 Å². The Balaban J connectivity index is 2.00. The summed E-state index contributed by atoms with van der Waals surface area (Å²) in [5.41, 5.74) is 1.25. The number of ether oxygens (including phenoxy) is 2. The van der Waals surface area contributed by atoms with Crippen molar-refractivity contribution in [2.75, 3.05) is 38.3 Å². The molecule has 0 amide bonds. The summed E-state index contributed by atoms with van der Waals surface area (Å²) in [6.45, 7) is 2.15. The van der Waals surface area contributed by atoms with Crippen LogP contribution in [0.2, 0.25) is 10.0 Å². The smallest absolute Gasteiger partial charge is 0.210 e. The molecule has 0 atom stereocenters. The van der Waals surface area contributed by atoms with Gasteiger partial charge in [-0.1, -0.05) is 23.2 Å². The van der Waals surface area contributed by atoms with E-state index in [0.29, 0.717) is 48.6 Å². The first-order chi connectivity index (χ1) is 13.9. The number of pyridine rings is 1. The molecule has 3 aromatic rings. The van der Waals surface area contributed by atoms with Crippen LogP contribution in [0.15, 0.2) is 52.4 Å². The lowest BCUT2D eigenvalue weighted by Crippen LogP contribution is -2.37. The van der Waals surface area contributed by atoms with Crippen LogP contribution < -0.4 is 9.64 Å². The van der Waals surface area contributed by atoms with Gasteiger partial charge in [0.2, 0.25) is 9.84 Å². The molecule has 4 rings (SSSR count). The number of hydrogen-bond donors (Lipinski definition) is 0. The van der Waals surface area contributed by atoms with Gasteiger partial charge in [0.05, 0.1) is 36.4 Å². The largest absolute Gasteiger partial charge is 0.497 e. The van der Waals surface area contributed by atoms with Crippen LogP contribution in [0.4, 0.5) is 5.69 Å². The highest BCUT2D eigenvalue weighted by molar-refractivity contribution is 7.91. The van der Waals surface area contributed by atoms with Gasteiger partial charge in [-0.05, 0) is 36.4 Å².